The zero-order valence-corrected chi connectivity index (χ0v) is 13.7. The van der Waals surface area contributed by atoms with Crippen molar-refractivity contribution >= 4 is 17.6 Å². The maximum absolute atomic E-state index is 4.33. The van der Waals surface area contributed by atoms with E-state index in [1.165, 1.54) is 11.3 Å². The van der Waals surface area contributed by atoms with Crippen molar-refractivity contribution in [3.63, 3.8) is 0 Å². The summed E-state index contributed by atoms with van der Waals surface area (Å²) in [6, 6.07) is 17.1. The topological polar surface area (TPSA) is 27.6 Å². The molecule has 1 atom stereocenters. The Labute approximate surface area is 132 Å². The van der Waals surface area contributed by atoms with E-state index in [1.807, 2.05) is 36.5 Å². The number of likely N-dealkylation sites (N-methyl/N-ethyl adjacent to an activating group) is 1. The number of rotatable bonds is 3. The Morgan fingerprint density at radius 1 is 1.14 bits per heavy atom. The first-order valence-electron chi connectivity index (χ1n) is 7.71. The third-order valence-electron chi connectivity index (χ3n) is 4.90. The van der Waals surface area contributed by atoms with Crippen LogP contribution in [0.2, 0.25) is 0 Å². The van der Waals surface area contributed by atoms with Gasteiger partial charge >= 0.3 is 0 Å². The van der Waals surface area contributed by atoms with Crippen LogP contribution in [0.25, 0.3) is 0 Å². The predicted molar refractivity (Wildman–Crippen MR) is 95.0 cm³/mol. The molecule has 1 aliphatic rings. The average Bonchev–Trinajstić information content (AvgIpc) is 2.70. The lowest BCUT2D eigenvalue weighted by Gasteiger charge is -2.28. The van der Waals surface area contributed by atoms with Gasteiger partial charge in [-0.3, -0.25) is 5.43 Å². The van der Waals surface area contributed by atoms with Crippen molar-refractivity contribution in [3.05, 3.63) is 59.7 Å². The summed E-state index contributed by atoms with van der Waals surface area (Å²) in [6.45, 7) is 6.90. The monoisotopic (exact) mass is 293 g/mol. The standard InChI is InChI=1S/C19H23N3/c1-14-19(2,3)17-12-15(10-11-18(17)22(14)4)13-20-21-16-8-6-5-7-9-16/h5-14,21H,1-4H3/b20-13+. The van der Waals surface area contributed by atoms with Crippen LogP contribution in [0.15, 0.2) is 53.6 Å². The van der Waals surface area contributed by atoms with Gasteiger partial charge in [0, 0.05) is 24.2 Å². The van der Waals surface area contributed by atoms with Crippen molar-refractivity contribution in [1.29, 1.82) is 0 Å². The van der Waals surface area contributed by atoms with Crippen LogP contribution in [0, 0.1) is 0 Å². The van der Waals surface area contributed by atoms with E-state index in [9.17, 15) is 0 Å². The van der Waals surface area contributed by atoms with E-state index in [0.29, 0.717) is 6.04 Å². The maximum atomic E-state index is 4.33. The van der Waals surface area contributed by atoms with Gasteiger partial charge in [0.1, 0.15) is 0 Å². The van der Waals surface area contributed by atoms with Gasteiger partial charge in [0.2, 0.25) is 0 Å². The summed E-state index contributed by atoms with van der Waals surface area (Å²) < 4.78 is 0. The van der Waals surface area contributed by atoms with Gasteiger partial charge in [-0.25, -0.2) is 0 Å². The molecule has 0 aliphatic carbocycles. The minimum Gasteiger partial charge on any atom is -0.371 e. The Kier molecular flexibility index (Phi) is 3.65. The zero-order valence-electron chi connectivity index (χ0n) is 13.7. The summed E-state index contributed by atoms with van der Waals surface area (Å²) in [6.07, 6.45) is 1.88. The van der Waals surface area contributed by atoms with Gasteiger partial charge in [0.25, 0.3) is 0 Å². The second-order valence-corrected chi connectivity index (χ2v) is 6.52. The summed E-state index contributed by atoms with van der Waals surface area (Å²) in [5.41, 5.74) is 8.05. The predicted octanol–water partition coefficient (Wildman–Crippen LogP) is 4.25. The minimum atomic E-state index is 0.154. The molecule has 1 heterocycles. The number of anilines is 2. The van der Waals surface area contributed by atoms with Crippen molar-refractivity contribution in [2.75, 3.05) is 17.4 Å². The molecule has 3 nitrogen and oxygen atoms in total. The lowest BCUT2D eigenvalue weighted by atomic mass is 9.81. The highest BCUT2D eigenvalue weighted by Crippen LogP contribution is 2.44. The van der Waals surface area contributed by atoms with Crippen LogP contribution in [-0.2, 0) is 5.41 Å². The first-order valence-corrected chi connectivity index (χ1v) is 7.71. The molecule has 0 amide bonds. The second kappa shape index (κ2) is 5.48. The van der Waals surface area contributed by atoms with Gasteiger partial charge in [-0.15, -0.1) is 0 Å². The van der Waals surface area contributed by atoms with Gasteiger partial charge in [-0.2, -0.15) is 5.10 Å². The van der Waals surface area contributed by atoms with E-state index in [-0.39, 0.29) is 5.41 Å². The van der Waals surface area contributed by atoms with Gasteiger partial charge in [0.05, 0.1) is 11.9 Å². The molecule has 0 radical (unpaired) electrons. The first-order chi connectivity index (χ1) is 10.5. The number of nitrogens with one attached hydrogen (secondary N) is 1. The lowest BCUT2D eigenvalue weighted by molar-refractivity contribution is 0.454. The molecule has 1 unspecified atom stereocenters. The maximum Gasteiger partial charge on any atom is 0.0561 e. The number of fused-ring (bicyclic) bond motifs is 1. The van der Waals surface area contributed by atoms with Crippen LogP contribution in [0.4, 0.5) is 11.4 Å². The van der Waals surface area contributed by atoms with Crippen molar-refractivity contribution in [2.45, 2.75) is 32.2 Å². The summed E-state index contributed by atoms with van der Waals surface area (Å²) in [5, 5.41) is 4.33. The van der Waals surface area contributed by atoms with Crippen LogP contribution >= 0.6 is 0 Å². The van der Waals surface area contributed by atoms with Crippen LogP contribution in [0.3, 0.4) is 0 Å². The van der Waals surface area contributed by atoms with Crippen molar-refractivity contribution in [3.8, 4) is 0 Å². The molecule has 114 valence electrons. The Hall–Kier alpha value is -2.29. The fourth-order valence-electron chi connectivity index (χ4n) is 3.07. The highest BCUT2D eigenvalue weighted by Gasteiger charge is 2.39. The Bertz CT molecular complexity index is 689. The molecular formula is C19H23N3. The van der Waals surface area contributed by atoms with E-state index >= 15 is 0 Å². The van der Waals surface area contributed by atoms with Gasteiger partial charge < -0.3 is 4.90 Å². The fourth-order valence-corrected chi connectivity index (χ4v) is 3.07. The molecular weight excluding hydrogens is 270 g/mol. The molecule has 0 spiro atoms. The number of nitrogens with zero attached hydrogens (tertiary/aromatic N) is 2. The minimum absolute atomic E-state index is 0.154. The molecule has 3 rings (SSSR count). The number of benzene rings is 2. The Morgan fingerprint density at radius 2 is 1.86 bits per heavy atom. The molecule has 0 fully saturated rings. The van der Waals surface area contributed by atoms with Crippen LogP contribution in [-0.4, -0.2) is 19.3 Å². The second-order valence-electron chi connectivity index (χ2n) is 6.52. The molecule has 22 heavy (non-hydrogen) atoms. The zero-order chi connectivity index (χ0) is 15.7. The van der Waals surface area contributed by atoms with Crippen LogP contribution < -0.4 is 10.3 Å². The number of hydrogen-bond donors (Lipinski definition) is 1. The van der Waals surface area contributed by atoms with E-state index in [0.717, 1.165) is 11.3 Å². The summed E-state index contributed by atoms with van der Waals surface area (Å²) in [5.74, 6) is 0. The molecule has 0 saturated heterocycles. The van der Waals surface area contributed by atoms with Crippen LogP contribution in [0.1, 0.15) is 31.9 Å². The van der Waals surface area contributed by atoms with Gasteiger partial charge in [-0.1, -0.05) is 38.1 Å². The average molecular weight is 293 g/mol. The quantitative estimate of drug-likeness (QED) is 0.677. The van der Waals surface area contributed by atoms with E-state index < -0.39 is 0 Å². The molecule has 0 saturated carbocycles. The van der Waals surface area contributed by atoms with Gasteiger partial charge in [-0.05, 0) is 42.3 Å². The molecule has 1 N–H and O–H groups in total. The highest BCUT2D eigenvalue weighted by molar-refractivity contribution is 5.83. The van der Waals surface area contributed by atoms with Crippen LogP contribution in [0.5, 0.6) is 0 Å². The number of para-hydroxylation sites is 1. The smallest absolute Gasteiger partial charge is 0.0561 e. The molecule has 1 aliphatic heterocycles. The first kappa shape index (κ1) is 14.6. The fraction of sp³-hybridized carbons (Fsp3) is 0.316. The highest BCUT2D eigenvalue weighted by atomic mass is 15.3. The van der Waals surface area contributed by atoms with Crippen molar-refractivity contribution < 1.29 is 0 Å². The normalized spacial score (nSPS) is 19.5. The molecule has 2 aromatic rings. The number of hydrogen-bond acceptors (Lipinski definition) is 3. The summed E-state index contributed by atoms with van der Waals surface area (Å²) in [7, 11) is 2.17. The van der Waals surface area contributed by atoms with Crippen molar-refractivity contribution in [1.82, 2.24) is 0 Å². The third kappa shape index (κ3) is 2.47. The third-order valence-corrected chi connectivity index (χ3v) is 4.90. The molecule has 0 bridgehead atoms. The summed E-state index contributed by atoms with van der Waals surface area (Å²) in [4.78, 5) is 2.36. The molecule has 0 aromatic heterocycles. The Morgan fingerprint density at radius 3 is 2.59 bits per heavy atom. The lowest BCUT2D eigenvalue weighted by Crippen LogP contribution is -2.36. The van der Waals surface area contributed by atoms with E-state index in [1.54, 1.807) is 0 Å². The molecule has 3 heteroatoms. The number of hydrazone groups is 1. The largest absolute Gasteiger partial charge is 0.371 e. The Balaban J connectivity index is 1.82. The SMILES string of the molecule is CC1N(C)c2ccc(/C=N/Nc3ccccc3)cc2C1(C)C. The van der Waals surface area contributed by atoms with E-state index in [2.05, 4.69) is 61.4 Å². The summed E-state index contributed by atoms with van der Waals surface area (Å²) >= 11 is 0. The molecule has 2 aromatic carbocycles. The van der Waals surface area contributed by atoms with E-state index in [4.69, 9.17) is 0 Å². The van der Waals surface area contributed by atoms with Crippen molar-refractivity contribution in [2.24, 2.45) is 5.10 Å². The van der Waals surface area contributed by atoms with Gasteiger partial charge in [0.15, 0.2) is 0 Å².